The highest BCUT2D eigenvalue weighted by Gasteiger charge is 2.40. The van der Waals surface area contributed by atoms with Crippen LogP contribution >= 0.6 is 34.8 Å². The second-order valence-corrected chi connectivity index (χ2v) is 9.46. The summed E-state index contributed by atoms with van der Waals surface area (Å²) >= 11 is 17.4. The van der Waals surface area contributed by atoms with Crippen LogP contribution in [0.2, 0.25) is 15.1 Å². The topological polar surface area (TPSA) is 37.4 Å². The zero-order valence-corrected chi connectivity index (χ0v) is 21.8. The van der Waals surface area contributed by atoms with Crippen LogP contribution in [0.15, 0.2) is 36.4 Å². The van der Waals surface area contributed by atoms with Crippen molar-refractivity contribution in [3.63, 3.8) is 0 Å². The molecule has 0 saturated heterocycles. The maximum absolute atomic E-state index is 13.7. The molecule has 2 aromatic rings. The van der Waals surface area contributed by atoms with Gasteiger partial charge in [-0.05, 0) is 29.3 Å². The summed E-state index contributed by atoms with van der Waals surface area (Å²) in [5.74, 6) is -4.69. The molecule has 0 saturated carbocycles. The fourth-order valence-electron chi connectivity index (χ4n) is 3.34. The molecule has 0 bridgehead atoms. The maximum atomic E-state index is 13.7. The number of likely N-dealkylation sites (N-methyl/N-ethyl adjacent to an activating group) is 1. The Balaban J connectivity index is 2.37. The first-order chi connectivity index (χ1) is 17.7. The molecule has 0 heterocycles. The Morgan fingerprint density at radius 3 is 1.97 bits per heavy atom. The van der Waals surface area contributed by atoms with Crippen molar-refractivity contribution in [3.8, 4) is 0 Å². The van der Waals surface area contributed by atoms with Gasteiger partial charge in [-0.3, -0.25) is 9.59 Å². The van der Waals surface area contributed by atoms with Crippen molar-refractivity contribution in [1.29, 1.82) is 0 Å². The molecule has 0 aromatic heterocycles. The van der Waals surface area contributed by atoms with Gasteiger partial charge in [-0.15, -0.1) is 0 Å². The summed E-state index contributed by atoms with van der Waals surface area (Å²) in [6.45, 7) is -0.955. The summed E-state index contributed by atoms with van der Waals surface area (Å²) in [6, 6.07) is 3.91. The van der Waals surface area contributed by atoms with Gasteiger partial charge in [0.1, 0.15) is 0 Å². The molecule has 0 fully saturated rings. The van der Waals surface area contributed by atoms with Crippen molar-refractivity contribution in [2.24, 2.45) is 0 Å². The van der Waals surface area contributed by atoms with Crippen LogP contribution in [0.25, 0.3) is 6.08 Å². The second kappa shape index (κ2) is 12.4. The van der Waals surface area contributed by atoms with Crippen LogP contribution in [0.1, 0.15) is 45.8 Å². The van der Waals surface area contributed by atoms with Crippen LogP contribution < -0.4 is 0 Å². The minimum absolute atomic E-state index is 0.185. The van der Waals surface area contributed by atoms with Crippen LogP contribution in [0.4, 0.5) is 39.5 Å². The smallest absolute Gasteiger partial charge is 0.338 e. The third-order valence-electron chi connectivity index (χ3n) is 5.28. The van der Waals surface area contributed by atoms with Gasteiger partial charge in [0.15, 0.2) is 5.78 Å². The highest BCUT2D eigenvalue weighted by atomic mass is 35.5. The lowest BCUT2D eigenvalue weighted by atomic mass is 9.95. The molecule has 0 N–H and O–H groups in total. The first-order valence-electron chi connectivity index (χ1n) is 10.6. The molecule has 0 aliphatic heterocycles. The van der Waals surface area contributed by atoms with Gasteiger partial charge >= 0.3 is 18.5 Å². The summed E-state index contributed by atoms with van der Waals surface area (Å²) in [5, 5.41) is -0.730. The molecule has 3 nitrogen and oxygen atoms in total. The van der Waals surface area contributed by atoms with E-state index in [1.807, 2.05) is 0 Å². The average Bonchev–Trinajstić information content (AvgIpc) is 2.78. The Morgan fingerprint density at radius 2 is 1.49 bits per heavy atom. The predicted octanol–water partition coefficient (Wildman–Crippen LogP) is 9.01. The molecular formula is C24H17Cl3F9NO2. The second-order valence-electron chi connectivity index (χ2n) is 8.27. The number of rotatable bonds is 8. The number of halogens is 12. The van der Waals surface area contributed by atoms with Crippen molar-refractivity contribution in [3.05, 3.63) is 73.7 Å². The number of hydrogen-bond acceptors (Lipinski definition) is 2. The molecule has 39 heavy (non-hydrogen) atoms. The van der Waals surface area contributed by atoms with E-state index in [9.17, 15) is 49.1 Å². The Hall–Kier alpha value is -2.44. The van der Waals surface area contributed by atoms with Gasteiger partial charge in [-0.1, -0.05) is 59.1 Å². The van der Waals surface area contributed by atoms with E-state index in [-0.39, 0.29) is 20.6 Å². The van der Waals surface area contributed by atoms with Gasteiger partial charge in [0, 0.05) is 19.0 Å². The number of ketones is 1. The van der Waals surface area contributed by atoms with Crippen molar-refractivity contribution >= 4 is 52.6 Å². The minimum Gasteiger partial charge on any atom is -0.338 e. The SMILES string of the molecule is CN(CC(=O)c1ccc(/C=C/C(c2cc(Cl)c(Cl)c(Cl)c2)C(F)(F)F)cc1C(F)(F)F)C(=O)CCC(F)(F)F. The van der Waals surface area contributed by atoms with Crippen molar-refractivity contribution < 1.29 is 49.1 Å². The number of allylic oxidation sites excluding steroid dienone is 1. The first kappa shape index (κ1) is 32.8. The van der Waals surface area contributed by atoms with E-state index in [0.29, 0.717) is 23.1 Å². The van der Waals surface area contributed by atoms with E-state index in [0.717, 1.165) is 31.3 Å². The largest absolute Gasteiger partial charge is 0.417 e. The molecule has 2 rings (SSSR count). The lowest BCUT2D eigenvalue weighted by Crippen LogP contribution is -2.33. The van der Waals surface area contributed by atoms with Gasteiger partial charge in [-0.2, -0.15) is 39.5 Å². The number of alkyl halides is 9. The Morgan fingerprint density at radius 1 is 0.923 bits per heavy atom. The lowest BCUT2D eigenvalue weighted by Gasteiger charge is -2.19. The van der Waals surface area contributed by atoms with Crippen molar-refractivity contribution in [1.82, 2.24) is 4.90 Å². The monoisotopic (exact) mass is 627 g/mol. The van der Waals surface area contributed by atoms with Crippen LogP contribution in [-0.4, -0.2) is 42.5 Å². The zero-order chi connectivity index (χ0) is 29.9. The van der Waals surface area contributed by atoms with Crippen molar-refractivity contribution in [2.45, 2.75) is 37.3 Å². The van der Waals surface area contributed by atoms with Gasteiger partial charge in [0.05, 0.1) is 39.5 Å². The number of carbonyl (C=O) groups excluding carboxylic acids is 2. The van der Waals surface area contributed by atoms with Gasteiger partial charge in [0.2, 0.25) is 5.91 Å². The molecule has 15 heteroatoms. The number of carbonyl (C=O) groups is 2. The molecule has 1 atom stereocenters. The summed E-state index contributed by atoms with van der Waals surface area (Å²) in [6.07, 6.45) is -15.8. The van der Waals surface area contributed by atoms with Crippen molar-refractivity contribution in [2.75, 3.05) is 13.6 Å². The number of Topliss-reactive ketones (excluding diaryl/α,β-unsaturated/α-hetero) is 1. The van der Waals surface area contributed by atoms with Crippen LogP contribution in [0.3, 0.4) is 0 Å². The minimum atomic E-state index is -5.13. The lowest BCUT2D eigenvalue weighted by molar-refractivity contribution is -0.148. The highest BCUT2D eigenvalue weighted by Crippen LogP contribution is 2.41. The van der Waals surface area contributed by atoms with E-state index in [4.69, 9.17) is 34.8 Å². The molecule has 1 unspecified atom stereocenters. The number of amides is 1. The quantitative estimate of drug-likeness (QED) is 0.166. The standard InChI is InChI=1S/C24H17Cl3F9NO2/c1-37(20(39)6-7-22(28,29)30)11-19(38)14-4-2-12(8-16(14)24(34,35)36)3-5-15(23(31,32)33)13-9-17(25)21(27)18(26)10-13/h2-5,8-10,15H,6-7,11H2,1H3/b5-3+. The van der Waals surface area contributed by atoms with E-state index in [2.05, 4.69) is 0 Å². The molecule has 2 aromatic carbocycles. The predicted molar refractivity (Wildman–Crippen MR) is 128 cm³/mol. The Labute approximate surface area is 231 Å². The maximum Gasteiger partial charge on any atom is 0.417 e. The molecular weight excluding hydrogens is 612 g/mol. The van der Waals surface area contributed by atoms with E-state index >= 15 is 0 Å². The summed E-state index contributed by atoms with van der Waals surface area (Å²) in [7, 11) is 0.952. The highest BCUT2D eigenvalue weighted by molar-refractivity contribution is 6.48. The first-order valence-corrected chi connectivity index (χ1v) is 11.8. The molecule has 0 radical (unpaired) electrons. The Bertz CT molecular complexity index is 1230. The van der Waals surface area contributed by atoms with E-state index in [1.54, 1.807) is 0 Å². The third-order valence-corrected chi connectivity index (χ3v) is 6.47. The van der Waals surface area contributed by atoms with Crippen LogP contribution in [-0.2, 0) is 11.0 Å². The summed E-state index contributed by atoms with van der Waals surface area (Å²) < 4.78 is 119. The van der Waals surface area contributed by atoms with E-state index in [1.165, 1.54) is 0 Å². The molecule has 0 spiro atoms. The summed E-state index contributed by atoms with van der Waals surface area (Å²) in [5.41, 5.74) is -3.21. The molecule has 0 aliphatic rings. The summed E-state index contributed by atoms with van der Waals surface area (Å²) in [4.78, 5) is 24.9. The van der Waals surface area contributed by atoms with Crippen LogP contribution in [0, 0.1) is 0 Å². The Kier molecular flexibility index (Phi) is 10.4. The normalized spacial score (nSPS) is 13.6. The van der Waals surface area contributed by atoms with Crippen LogP contribution in [0.5, 0.6) is 0 Å². The van der Waals surface area contributed by atoms with Gasteiger partial charge < -0.3 is 4.90 Å². The molecule has 1 amide bonds. The molecule has 214 valence electrons. The third kappa shape index (κ3) is 9.32. The molecule has 0 aliphatic carbocycles. The van der Waals surface area contributed by atoms with Gasteiger partial charge in [-0.25, -0.2) is 0 Å². The fourth-order valence-corrected chi connectivity index (χ4v) is 3.96. The zero-order valence-electron chi connectivity index (χ0n) is 19.5. The number of nitrogens with zero attached hydrogens (tertiary/aromatic N) is 1. The number of hydrogen-bond donors (Lipinski definition) is 0. The van der Waals surface area contributed by atoms with Gasteiger partial charge in [0.25, 0.3) is 0 Å². The number of benzene rings is 2. The van der Waals surface area contributed by atoms with E-state index < -0.39 is 72.2 Å². The fraction of sp³-hybridized carbons (Fsp3) is 0.333. The average molecular weight is 629 g/mol.